The topological polar surface area (TPSA) is 43.4 Å². The van der Waals surface area contributed by atoms with E-state index in [1.807, 2.05) is 0 Å². The first-order valence-electron chi connectivity index (χ1n) is 2.46. The van der Waals surface area contributed by atoms with Crippen molar-refractivity contribution >= 4 is 23.5 Å². The number of esters is 2. The second-order valence-corrected chi connectivity index (χ2v) is 2.97. The van der Waals surface area contributed by atoms with Gasteiger partial charge in [0.1, 0.15) is 4.87 Å². The summed E-state index contributed by atoms with van der Waals surface area (Å²) in [5.74, 6) is -1.19. The van der Waals surface area contributed by atoms with E-state index in [2.05, 4.69) is 4.74 Å². The summed E-state index contributed by atoms with van der Waals surface area (Å²) in [4.78, 5) is 19.8. The van der Waals surface area contributed by atoms with Crippen molar-refractivity contribution in [2.24, 2.45) is 0 Å². The molecular weight excluding hydrogens is 144 g/mol. The molecule has 0 saturated carbocycles. The van der Waals surface area contributed by atoms with Crippen molar-refractivity contribution in [2.45, 2.75) is 18.2 Å². The minimum absolute atomic E-state index is 0.0204. The quantitative estimate of drug-likeness (QED) is 0.285. The molecule has 0 aromatic rings. The summed E-state index contributed by atoms with van der Waals surface area (Å²) in [7, 11) is 0. The number of carbonyl (C=O) groups is 2. The fourth-order valence-corrected chi connectivity index (χ4v) is 0.737. The van der Waals surface area contributed by atoms with Gasteiger partial charge in [0, 0.05) is 0 Å². The molecule has 1 rings (SSSR count). The molecule has 0 N–H and O–H groups in total. The highest BCUT2D eigenvalue weighted by atomic mass is 35.5. The van der Waals surface area contributed by atoms with Gasteiger partial charge in [-0.15, -0.1) is 11.6 Å². The van der Waals surface area contributed by atoms with E-state index in [0.717, 1.165) is 0 Å². The Hall–Kier alpha value is -0.570. The van der Waals surface area contributed by atoms with Crippen molar-refractivity contribution in [3.63, 3.8) is 0 Å². The van der Waals surface area contributed by atoms with Crippen molar-refractivity contribution < 1.29 is 14.3 Å². The number of cyclic esters (lactones) is 2. The highest BCUT2D eigenvalue weighted by molar-refractivity contribution is 6.37. The average Bonchev–Trinajstić information content (AvgIpc) is 1.79. The summed E-state index contributed by atoms with van der Waals surface area (Å²) in [6.45, 7) is 1.46. The van der Waals surface area contributed by atoms with E-state index in [1.54, 1.807) is 0 Å². The van der Waals surface area contributed by atoms with Gasteiger partial charge in [-0.1, -0.05) is 0 Å². The first-order valence-corrected chi connectivity index (χ1v) is 2.84. The Bertz CT molecular complexity index is 173. The maximum atomic E-state index is 10.5. The Morgan fingerprint density at radius 3 is 2.33 bits per heavy atom. The first-order chi connectivity index (χ1) is 4.02. The number of halogens is 1. The van der Waals surface area contributed by atoms with Crippen LogP contribution in [-0.2, 0) is 14.3 Å². The van der Waals surface area contributed by atoms with Crippen LogP contribution in [0.5, 0.6) is 0 Å². The van der Waals surface area contributed by atoms with Crippen LogP contribution < -0.4 is 0 Å². The predicted octanol–water partition coefficient (Wildman–Crippen LogP) is 0.457. The monoisotopic (exact) mass is 148 g/mol. The molecule has 50 valence electrons. The summed E-state index contributed by atoms with van der Waals surface area (Å²) in [6.07, 6.45) is -0.0204. The maximum Gasteiger partial charge on any atom is 0.335 e. The molecule has 1 aliphatic rings. The van der Waals surface area contributed by atoms with Gasteiger partial charge in [0.2, 0.25) is 0 Å². The van der Waals surface area contributed by atoms with Crippen molar-refractivity contribution in [3.8, 4) is 0 Å². The molecule has 1 atom stereocenters. The standard InChI is InChI=1S/C5H5ClO3/c1-5(6)2-3(7)9-4(5)8/h2H2,1H3. The number of hydrogen-bond acceptors (Lipinski definition) is 3. The molecule has 9 heavy (non-hydrogen) atoms. The zero-order valence-electron chi connectivity index (χ0n) is 4.81. The lowest BCUT2D eigenvalue weighted by atomic mass is 10.1. The highest BCUT2D eigenvalue weighted by Gasteiger charge is 2.43. The van der Waals surface area contributed by atoms with Crippen LogP contribution in [0.2, 0.25) is 0 Å². The third-order valence-corrected chi connectivity index (χ3v) is 1.40. The van der Waals surface area contributed by atoms with Crippen LogP contribution in [0.15, 0.2) is 0 Å². The Labute approximate surface area is 56.9 Å². The lowest BCUT2D eigenvalue weighted by Crippen LogP contribution is -2.21. The van der Waals surface area contributed by atoms with Crippen LogP contribution in [0.25, 0.3) is 0 Å². The molecule has 4 heteroatoms. The van der Waals surface area contributed by atoms with E-state index in [0.29, 0.717) is 0 Å². The average molecular weight is 149 g/mol. The first kappa shape index (κ1) is 6.55. The molecule has 3 nitrogen and oxygen atoms in total. The van der Waals surface area contributed by atoms with Gasteiger partial charge in [0.15, 0.2) is 0 Å². The van der Waals surface area contributed by atoms with Crippen LogP contribution in [0.1, 0.15) is 13.3 Å². The zero-order chi connectivity index (χ0) is 7.07. The summed E-state index contributed by atoms with van der Waals surface area (Å²) in [6, 6.07) is 0. The highest BCUT2D eigenvalue weighted by Crippen LogP contribution is 2.27. The summed E-state index contributed by atoms with van der Waals surface area (Å²) < 4.78 is 4.17. The van der Waals surface area contributed by atoms with Crippen molar-refractivity contribution in [1.82, 2.24) is 0 Å². The second kappa shape index (κ2) is 1.70. The number of ether oxygens (including phenoxy) is 1. The van der Waals surface area contributed by atoms with E-state index >= 15 is 0 Å². The molecular formula is C5H5ClO3. The minimum atomic E-state index is -1.11. The molecule has 0 spiro atoms. The van der Waals surface area contributed by atoms with Crippen LogP contribution >= 0.6 is 11.6 Å². The molecule has 0 amide bonds. The molecule has 1 fully saturated rings. The summed E-state index contributed by atoms with van der Waals surface area (Å²) in [5, 5.41) is 0. The fourth-order valence-electron chi connectivity index (χ4n) is 0.589. The number of carbonyl (C=O) groups excluding carboxylic acids is 2. The van der Waals surface area contributed by atoms with Crippen molar-refractivity contribution in [3.05, 3.63) is 0 Å². The number of hydrogen-bond donors (Lipinski definition) is 0. The second-order valence-electron chi connectivity index (χ2n) is 2.14. The van der Waals surface area contributed by atoms with E-state index < -0.39 is 16.8 Å². The molecule has 1 heterocycles. The van der Waals surface area contributed by atoms with Gasteiger partial charge in [-0.05, 0) is 6.92 Å². The minimum Gasteiger partial charge on any atom is -0.392 e. The largest absolute Gasteiger partial charge is 0.392 e. The third-order valence-electron chi connectivity index (χ3n) is 1.11. The lowest BCUT2D eigenvalue weighted by molar-refractivity contribution is -0.152. The van der Waals surface area contributed by atoms with Gasteiger partial charge < -0.3 is 4.74 Å². The lowest BCUT2D eigenvalue weighted by Gasteiger charge is -2.03. The van der Waals surface area contributed by atoms with Crippen LogP contribution in [0.4, 0.5) is 0 Å². The molecule has 0 aromatic carbocycles. The van der Waals surface area contributed by atoms with Crippen LogP contribution in [-0.4, -0.2) is 16.8 Å². The smallest absolute Gasteiger partial charge is 0.335 e. The van der Waals surface area contributed by atoms with E-state index in [9.17, 15) is 9.59 Å². The van der Waals surface area contributed by atoms with Crippen molar-refractivity contribution in [1.29, 1.82) is 0 Å². The zero-order valence-corrected chi connectivity index (χ0v) is 5.57. The molecule has 0 aromatic heterocycles. The van der Waals surface area contributed by atoms with Crippen LogP contribution in [0, 0.1) is 0 Å². The SMILES string of the molecule is CC1(Cl)CC(=O)OC1=O. The van der Waals surface area contributed by atoms with Gasteiger partial charge in [-0.25, -0.2) is 4.79 Å². The van der Waals surface area contributed by atoms with E-state index in [-0.39, 0.29) is 6.42 Å². The number of rotatable bonds is 0. The Morgan fingerprint density at radius 2 is 2.22 bits per heavy atom. The Balaban J connectivity index is 2.81. The van der Waals surface area contributed by atoms with Gasteiger partial charge >= 0.3 is 11.9 Å². The molecule has 1 aliphatic heterocycles. The maximum absolute atomic E-state index is 10.5. The summed E-state index contributed by atoms with van der Waals surface area (Å²) in [5.41, 5.74) is 0. The summed E-state index contributed by atoms with van der Waals surface area (Å²) >= 11 is 5.52. The van der Waals surface area contributed by atoms with Gasteiger partial charge in [-0.2, -0.15) is 0 Å². The molecule has 1 unspecified atom stereocenters. The van der Waals surface area contributed by atoms with Crippen molar-refractivity contribution in [2.75, 3.05) is 0 Å². The molecule has 0 radical (unpaired) electrons. The van der Waals surface area contributed by atoms with Gasteiger partial charge in [0.05, 0.1) is 6.42 Å². The fraction of sp³-hybridized carbons (Fsp3) is 0.600. The molecule has 0 bridgehead atoms. The molecule has 1 saturated heterocycles. The normalized spacial score (nSPS) is 34.9. The number of alkyl halides is 1. The Kier molecular flexibility index (Phi) is 1.24. The van der Waals surface area contributed by atoms with Gasteiger partial charge in [-0.3, -0.25) is 4.79 Å². The van der Waals surface area contributed by atoms with Crippen LogP contribution in [0.3, 0.4) is 0 Å². The van der Waals surface area contributed by atoms with E-state index in [1.165, 1.54) is 6.92 Å². The van der Waals surface area contributed by atoms with Gasteiger partial charge in [0.25, 0.3) is 0 Å². The third kappa shape index (κ3) is 1.05. The molecule has 0 aliphatic carbocycles. The van der Waals surface area contributed by atoms with E-state index in [4.69, 9.17) is 11.6 Å². The predicted molar refractivity (Wildman–Crippen MR) is 30.0 cm³/mol. The Morgan fingerprint density at radius 1 is 1.67 bits per heavy atom.